The summed E-state index contributed by atoms with van der Waals surface area (Å²) >= 11 is 0. The Balaban J connectivity index is 1.90. The molecule has 24 heavy (non-hydrogen) atoms. The van der Waals surface area contributed by atoms with E-state index in [0.717, 1.165) is 50.5 Å². The van der Waals surface area contributed by atoms with Crippen molar-refractivity contribution in [1.82, 2.24) is 4.98 Å². The van der Waals surface area contributed by atoms with Crippen molar-refractivity contribution in [1.29, 1.82) is 0 Å². The smallest absolute Gasteiger partial charge is 0.278 e. The molecule has 2 aliphatic carbocycles. The molecule has 3 aromatic rings. The number of fused-ring (bicyclic) bond motifs is 10. The van der Waals surface area contributed by atoms with Crippen LogP contribution < -0.4 is 0 Å². The number of amides is 1. The minimum absolute atomic E-state index is 0.126. The first-order valence-electron chi connectivity index (χ1n) is 8.11. The number of rotatable bonds is 0. The number of aliphatic imine (C=N–C) groups is 1. The largest absolute Gasteiger partial charge is 0.354 e. The fourth-order valence-corrected chi connectivity index (χ4v) is 4.22. The van der Waals surface area contributed by atoms with E-state index in [1.54, 1.807) is 6.21 Å². The standard InChI is InChI=1S/C21H12N2O/c24-21-19-15(10-22-21)18-13-7-3-4-8-16(13)23-20(18)14-9-11-5-1-2-6-12(11)17(14)19/h1,3-10,23H,2H2. The third-order valence-electron chi connectivity index (χ3n) is 5.19. The van der Waals surface area contributed by atoms with Crippen LogP contribution in [0.2, 0.25) is 0 Å². The third kappa shape index (κ3) is 1.30. The molecule has 1 amide bonds. The Morgan fingerprint density at radius 1 is 1.08 bits per heavy atom. The van der Waals surface area contributed by atoms with Crippen molar-refractivity contribution in [2.24, 2.45) is 4.99 Å². The fourth-order valence-electron chi connectivity index (χ4n) is 4.22. The molecule has 1 aliphatic heterocycles. The number of hydrogen-bond donors (Lipinski definition) is 1. The molecule has 0 unspecified atom stereocenters. The Morgan fingerprint density at radius 2 is 2.00 bits per heavy atom. The van der Waals surface area contributed by atoms with E-state index in [1.807, 2.05) is 12.1 Å². The van der Waals surface area contributed by atoms with Gasteiger partial charge in [0.25, 0.3) is 5.91 Å². The van der Waals surface area contributed by atoms with Crippen LogP contribution in [-0.4, -0.2) is 17.1 Å². The lowest BCUT2D eigenvalue weighted by Crippen LogP contribution is -2.02. The van der Waals surface area contributed by atoms with E-state index in [1.165, 1.54) is 11.1 Å². The number of hydrogen-bond acceptors (Lipinski definition) is 1. The van der Waals surface area contributed by atoms with Crippen molar-refractivity contribution < 1.29 is 4.79 Å². The van der Waals surface area contributed by atoms with Crippen LogP contribution in [0.25, 0.3) is 33.5 Å². The second kappa shape index (κ2) is 4.01. The molecule has 2 aromatic carbocycles. The van der Waals surface area contributed by atoms with E-state index in [9.17, 15) is 4.79 Å². The predicted octanol–water partition coefficient (Wildman–Crippen LogP) is 4.63. The summed E-state index contributed by atoms with van der Waals surface area (Å²) in [6.45, 7) is 0. The summed E-state index contributed by atoms with van der Waals surface area (Å²) in [4.78, 5) is 20.2. The Hall–Kier alpha value is -3.20. The lowest BCUT2D eigenvalue weighted by atomic mass is 9.89. The monoisotopic (exact) mass is 308 g/mol. The number of para-hydroxylation sites is 1. The summed E-state index contributed by atoms with van der Waals surface area (Å²) in [5.41, 5.74) is 8.42. The first kappa shape index (κ1) is 12.3. The van der Waals surface area contributed by atoms with E-state index in [-0.39, 0.29) is 5.91 Å². The van der Waals surface area contributed by atoms with Gasteiger partial charge in [-0.05, 0) is 29.7 Å². The molecule has 2 heterocycles. The van der Waals surface area contributed by atoms with Crippen LogP contribution in [0.4, 0.5) is 0 Å². The maximum atomic E-state index is 12.5. The topological polar surface area (TPSA) is 45.2 Å². The molecule has 6 rings (SSSR count). The molecule has 0 radical (unpaired) electrons. The Bertz CT molecular complexity index is 1230. The summed E-state index contributed by atoms with van der Waals surface area (Å²) in [6, 6.07) is 8.25. The highest BCUT2D eigenvalue weighted by Gasteiger charge is 2.33. The normalized spacial score (nSPS) is 17.2. The molecule has 1 aromatic heterocycles. The minimum Gasteiger partial charge on any atom is -0.354 e. The third-order valence-corrected chi connectivity index (χ3v) is 5.19. The van der Waals surface area contributed by atoms with Crippen LogP contribution in [0, 0.1) is 0 Å². The zero-order valence-corrected chi connectivity index (χ0v) is 12.8. The number of benzene rings is 2. The van der Waals surface area contributed by atoms with Crippen LogP contribution in [0.15, 0.2) is 53.1 Å². The maximum Gasteiger partial charge on any atom is 0.278 e. The SMILES string of the molecule is O=C1N=Cc2c1c1c(c3[nH]c4ccccc4c23)C=C2C=CCC=C21. The Kier molecular flexibility index (Phi) is 2.04. The zero-order chi connectivity index (χ0) is 15.8. The molecule has 0 atom stereocenters. The molecule has 3 nitrogen and oxygen atoms in total. The van der Waals surface area contributed by atoms with Gasteiger partial charge in [-0.15, -0.1) is 0 Å². The molecular formula is C21H12N2O. The van der Waals surface area contributed by atoms with Crippen molar-refractivity contribution >= 4 is 45.6 Å². The second-order valence-electron chi connectivity index (χ2n) is 6.42. The van der Waals surface area contributed by atoms with E-state index in [2.05, 4.69) is 46.4 Å². The summed E-state index contributed by atoms with van der Waals surface area (Å²) in [5, 5.41) is 2.25. The van der Waals surface area contributed by atoms with Gasteiger partial charge in [-0.3, -0.25) is 4.79 Å². The van der Waals surface area contributed by atoms with Crippen LogP contribution in [0.1, 0.15) is 33.5 Å². The molecule has 1 N–H and O–H groups in total. The summed E-state index contributed by atoms with van der Waals surface area (Å²) in [6.07, 6.45) is 11.3. The molecule has 0 bridgehead atoms. The average molecular weight is 308 g/mol. The molecule has 0 saturated heterocycles. The lowest BCUT2D eigenvalue weighted by Gasteiger charge is -2.12. The van der Waals surface area contributed by atoms with E-state index >= 15 is 0 Å². The van der Waals surface area contributed by atoms with E-state index < -0.39 is 0 Å². The van der Waals surface area contributed by atoms with Gasteiger partial charge < -0.3 is 4.98 Å². The van der Waals surface area contributed by atoms with Crippen molar-refractivity contribution in [3.05, 3.63) is 70.3 Å². The maximum absolute atomic E-state index is 12.5. The highest BCUT2D eigenvalue weighted by molar-refractivity contribution is 6.29. The molecular weight excluding hydrogens is 296 g/mol. The minimum atomic E-state index is -0.126. The highest BCUT2D eigenvalue weighted by Crippen LogP contribution is 2.47. The van der Waals surface area contributed by atoms with Gasteiger partial charge in [-0.2, -0.15) is 0 Å². The van der Waals surface area contributed by atoms with Crippen LogP contribution in [0.5, 0.6) is 0 Å². The number of allylic oxidation sites excluding steroid dienone is 5. The predicted molar refractivity (Wildman–Crippen MR) is 97.4 cm³/mol. The van der Waals surface area contributed by atoms with Gasteiger partial charge in [0.1, 0.15) is 0 Å². The molecule has 0 saturated carbocycles. The first-order chi connectivity index (χ1) is 11.8. The van der Waals surface area contributed by atoms with Gasteiger partial charge in [0.2, 0.25) is 0 Å². The molecule has 0 spiro atoms. The average Bonchev–Trinajstić information content (AvgIpc) is 3.27. The number of carbonyl (C=O) groups is 1. The lowest BCUT2D eigenvalue weighted by molar-refractivity contribution is 0.101. The summed E-state index contributed by atoms with van der Waals surface area (Å²) in [7, 11) is 0. The van der Waals surface area contributed by atoms with Gasteiger partial charge in [-0.25, -0.2) is 4.99 Å². The van der Waals surface area contributed by atoms with Crippen LogP contribution >= 0.6 is 0 Å². The van der Waals surface area contributed by atoms with Crippen molar-refractivity contribution in [2.75, 3.05) is 0 Å². The number of aromatic amines is 1. The van der Waals surface area contributed by atoms with Gasteiger partial charge in [-0.1, -0.05) is 36.4 Å². The molecule has 0 fully saturated rings. The molecule has 3 heteroatoms. The first-order valence-corrected chi connectivity index (χ1v) is 8.11. The number of nitrogens with one attached hydrogen (secondary N) is 1. The van der Waals surface area contributed by atoms with Crippen molar-refractivity contribution in [3.8, 4) is 0 Å². The molecule has 3 aliphatic rings. The highest BCUT2D eigenvalue weighted by atomic mass is 16.1. The number of H-pyrrole nitrogens is 1. The van der Waals surface area contributed by atoms with Gasteiger partial charge in [0, 0.05) is 39.2 Å². The quantitative estimate of drug-likeness (QED) is 0.646. The van der Waals surface area contributed by atoms with Gasteiger partial charge >= 0.3 is 0 Å². The summed E-state index contributed by atoms with van der Waals surface area (Å²) < 4.78 is 0. The Morgan fingerprint density at radius 3 is 2.96 bits per heavy atom. The Labute approximate surface area is 137 Å². The van der Waals surface area contributed by atoms with Crippen molar-refractivity contribution in [3.63, 3.8) is 0 Å². The number of carbonyl (C=O) groups excluding carboxylic acids is 1. The van der Waals surface area contributed by atoms with Crippen LogP contribution in [-0.2, 0) is 0 Å². The summed E-state index contributed by atoms with van der Waals surface area (Å²) in [5.74, 6) is -0.126. The fraction of sp³-hybridized carbons (Fsp3) is 0.0476. The van der Waals surface area contributed by atoms with Gasteiger partial charge in [0.15, 0.2) is 0 Å². The number of nitrogens with zero attached hydrogens (tertiary/aromatic N) is 1. The second-order valence-corrected chi connectivity index (χ2v) is 6.42. The van der Waals surface area contributed by atoms with Crippen LogP contribution in [0.3, 0.4) is 0 Å². The van der Waals surface area contributed by atoms with E-state index in [4.69, 9.17) is 0 Å². The zero-order valence-electron chi connectivity index (χ0n) is 12.8. The van der Waals surface area contributed by atoms with Gasteiger partial charge in [0.05, 0.1) is 11.1 Å². The van der Waals surface area contributed by atoms with E-state index in [0.29, 0.717) is 0 Å². The van der Waals surface area contributed by atoms with Crippen molar-refractivity contribution in [2.45, 2.75) is 6.42 Å². The molecule has 112 valence electrons. The number of aromatic nitrogens is 1.